The Labute approximate surface area is 137 Å². The minimum absolute atomic E-state index is 0.0746. The molecule has 0 radical (unpaired) electrons. The van der Waals surface area contributed by atoms with Crippen LogP contribution >= 0.6 is 0 Å². The van der Waals surface area contributed by atoms with E-state index in [2.05, 4.69) is 4.90 Å². The third-order valence-electron chi connectivity index (χ3n) is 4.63. The molecule has 0 N–H and O–H groups in total. The van der Waals surface area contributed by atoms with Gasteiger partial charge in [0.1, 0.15) is 5.76 Å². The fraction of sp³-hybridized carbons (Fsp3) is 0.706. The number of furan rings is 1. The van der Waals surface area contributed by atoms with Crippen LogP contribution in [0.1, 0.15) is 29.0 Å². The topological polar surface area (TPSA) is 55.2 Å². The zero-order valence-electron chi connectivity index (χ0n) is 13.8. The van der Waals surface area contributed by atoms with Crippen LogP contribution in [0.4, 0.5) is 0 Å². The van der Waals surface area contributed by atoms with Gasteiger partial charge in [0.25, 0.3) is 5.91 Å². The summed E-state index contributed by atoms with van der Waals surface area (Å²) in [6.07, 6.45) is 4.14. The van der Waals surface area contributed by atoms with E-state index in [1.807, 2.05) is 11.8 Å². The van der Waals surface area contributed by atoms with E-state index in [-0.39, 0.29) is 5.91 Å². The molecular weight excluding hydrogens is 296 g/mol. The lowest BCUT2D eigenvalue weighted by Gasteiger charge is -2.34. The number of carbonyl (C=O) groups is 1. The van der Waals surface area contributed by atoms with E-state index in [9.17, 15) is 4.79 Å². The second-order valence-corrected chi connectivity index (χ2v) is 6.23. The molecule has 23 heavy (non-hydrogen) atoms. The monoisotopic (exact) mass is 322 g/mol. The van der Waals surface area contributed by atoms with Crippen molar-refractivity contribution in [2.24, 2.45) is 0 Å². The highest BCUT2D eigenvalue weighted by molar-refractivity contribution is 5.95. The smallest absolute Gasteiger partial charge is 0.257 e. The molecule has 1 aromatic rings. The molecule has 2 saturated heterocycles. The summed E-state index contributed by atoms with van der Waals surface area (Å²) in [4.78, 5) is 16.7. The standard InChI is InChI=1S/C17H26N2O4/c1-14-16(4-11-22-14)17(20)19-7-5-18(6-8-19)9-12-21-13-15-3-2-10-23-15/h4,11,15H,2-3,5-10,12-13H2,1H3/t15-/m1/s1. The quantitative estimate of drug-likeness (QED) is 0.744. The Kier molecular flexibility index (Phi) is 5.70. The maximum atomic E-state index is 12.4. The van der Waals surface area contributed by atoms with Crippen LogP contribution in [0.5, 0.6) is 0 Å². The van der Waals surface area contributed by atoms with E-state index >= 15 is 0 Å². The van der Waals surface area contributed by atoms with Gasteiger partial charge in [-0.1, -0.05) is 0 Å². The Bertz CT molecular complexity index is 502. The van der Waals surface area contributed by atoms with E-state index < -0.39 is 0 Å². The van der Waals surface area contributed by atoms with Crippen molar-refractivity contribution in [3.05, 3.63) is 23.7 Å². The summed E-state index contributed by atoms with van der Waals surface area (Å²) in [5.41, 5.74) is 0.679. The lowest BCUT2D eigenvalue weighted by atomic mass is 10.2. The number of hydrogen-bond acceptors (Lipinski definition) is 5. The lowest BCUT2D eigenvalue weighted by molar-refractivity contribution is 0.00656. The predicted octanol–water partition coefficient (Wildman–Crippen LogP) is 1.54. The van der Waals surface area contributed by atoms with Crippen molar-refractivity contribution in [3.8, 4) is 0 Å². The van der Waals surface area contributed by atoms with Gasteiger partial charge < -0.3 is 18.8 Å². The Hall–Kier alpha value is -1.37. The van der Waals surface area contributed by atoms with Crippen molar-refractivity contribution in [1.82, 2.24) is 9.80 Å². The van der Waals surface area contributed by atoms with Crippen LogP contribution in [0.15, 0.2) is 16.7 Å². The summed E-state index contributed by atoms with van der Waals surface area (Å²) in [7, 11) is 0. The minimum Gasteiger partial charge on any atom is -0.469 e. The van der Waals surface area contributed by atoms with Gasteiger partial charge in [-0.05, 0) is 25.8 Å². The second kappa shape index (κ2) is 7.95. The molecule has 2 aliphatic heterocycles. The van der Waals surface area contributed by atoms with Crippen molar-refractivity contribution in [1.29, 1.82) is 0 Å². The van der Waals surface area contributed by atoms with Gasteiger partial charge in [-0.3, -0.25) is 9.69 Å². The van der Waals surface area contributed by atoms with Gasteiger partial charge in [-0.25, -0.2) is 0 Å². The summed E-state index contributed by atoms with van der Waals surface area (Å²) in [5, 5.41) is 0. The van der Waals surface area contributed by atoms with E-state index in [1.54, 1.807) is 12.3 Å². The molecule has 0 spiro atoms. The molecule has 2 aliphatic rings. The first-order chi connectivity index (χ1) is 11.2. The van der Waals surface area contributed by atoms with Gasteiger partial charge in [0.05, 0.1) is 31.1 Å². The van der Waals surface area contributed by atoms with Crippen molar-refractivity contribution < 1.29 is 18.7 Å². The highest BCUT2D eigenvalue weighted by atomic mass is 16.5. The summed E-state index contributed by atoms with van der Waals surface area (Å²) >= 11 is 0. The van der Waals surface area contributed by atoms with Crippen LogP contribution in [-0.2, 0) is 9.47 Å². The molecule has 0 unspecified atom stereocenters. The van der Waals surface area contributed by atoms with Gasteiger partial charge in [-0.15, -0.1) is 0 Å². The zero-order chi connectivity index (χ0) is 16.1. The number of carbonyl (C=O) groups excluding carboxylic acids is 1. The van der Waals surface area contributed by atoms with E-state index in [0.29, 0.717) is 24.0 Å². The summed E-state index contributed by atoms with van der Waals surface area (Å²) in [6, 6.07) is 1.75. The molecule has 1 atom stereocenters. The van der Waals surface area contributed by atoms with E-state index in [0.717, 1.165) is 58.8 Å². The molecule has 128 valence electrons. The molecule has 3 heterocycles. The summed E-state index contributed by atoms with van der Waals surface area (Å²) in [6.45, 7) is 8.36. The molecule has 6 nitrogen and oxygen atoms in total. The molecule has 0 aromatic carbocycles. The molecule has 1 aromatic heterocycles. The van der Waals surface area contributed by atoms with Crippen LogP contribution in [0.2, 0.25) is 0 Å². The van der Waals surface area contributed by atoms with Crippen molar-refractivity contribution in [3.63, 3.8) is 0 Å². The van der Waals surface area contributed by atoms with Crippen LogP contribution in [0, 0.1) is 6.92 Å². The van der Waals surface area contributed by atoms with Crippen LogP contribution in [0.25, 0.3) is 0 Å². The fourth-order valence-corrected chi connectivity index (χ4v) is 3.14. The normalized spacial score (nSPS) is 22.7. The molecule has 0 saturated carbocycles. The van der Waals surface area contributed by atoms with Gasteiger partial charge in [0.2, 0.25) is 0 Å². The molecule has 0 bridgehead atoms. The Morgan fingerprint density at radius 2 is 2.17 bits per heavy atom. The fourth-order valence-electron chi connectivity index (χ4n) is 3.14. The third-order valence-corrected chi connectivity index (χ3v) is 4.63. The first-order valence-corrected chi connectivity index (χ1v) is 8.49. The van der Waals surface area contributed by atoms with Crippen LogP contribution in [0.3, 0.4) is 0 Å². The average Bonchev–Trinajstić information content (AvgIpc) is 3.23. The summed E-state index contributed by atoms with van der Waals surface area (Å²) in [5.74, 6) is 0.769. The highest BCUT2D eigenvalue weighted by Gasteiger charge is 2.24. The predicted molar refractivity (Wildman–Crippen MR) is 85.6 cm³/mol. The van der Waals surface area contributed by atoms with Gasteiger partial charge in [0, 0.05) is 39.3 Å². The average molecular weight is 322 g/mol. The maximum absolute atomic E-state index is 12.4. The minimum atomic E-state index is 0.0746. The molecular formula is C17H26N2O4. The van der Waals surface area contributed by atoms with Gasteiger partial charge >= 0.3 is 0 Å². The maximum Gasteiger partial charge on any atom is 0.257 e. The molecule has 2 fully saturated rings. The van der Waals surface area contributed by atoms with Gasteiger partial charge in [-0.2, -0.15) is 0 Å². The van der Waals surface area contributed by atoms with E-state index in [1.165, 1.54) is 0 Å². The Morgan fingerprint density at radius 1 is 1.35 bits per heavy atom. The summed E-state index contributed by atoms with van der Waals surface area (Å²) < 4.78 is 16.5. The van der Waals surface area contributed by atoms with Crippen molar-refractivity contribution >= 4 is 5.91 Å². The van der Waals surface area contributed by atoms with E-state index in [4.69, 9.17) is 13.9 Å². The van der Waals surface area contributed by atoms with Crippen LogP contribution < -0.4 is 0 Å². The second-order valence-electron chi connectivity index (χ2n) is 6.23. The van der Waals surface area contributed by atoms with Gasteiger partial charge in [0.15, 0.2) is 0 Å². The lowest BCUT2D eigenvalue weighted by Crippen LogP contribution is -2.49. The molecule has 0 aliphatic carbocycles. The molecule has 6 heteroatoms. The largest absolute Gasteiger partial charge is 0.469 e. The molecule has 1 amide bonds. The Morgan fingerprint density at radius 3 is 2.83 bits per heavy atom. The highest BCUT2D eigenvalue weighted by Crippen LogP contribution is 2.14. The number of ether oxygens (including phenoxy) is 2. The number of amides is 1. The first-order valence-electron chi connectivity index (χ1n) is 8.49. The van der Waals surface area contributed by atoms with Crippen molar-refractivity contribution in [2.75, 3.05) is 52.5 Å². The number of hydrogen-bond donors (Lipinski definition) is 0. The van der Waals surface area contributed by atoms with Crippen LogP contribution in [-0.4, -0.2) is 74.4 Å². The third kappa shape index (κ3) is 4.34. The number of nitrogens with zero attached hydrogens (tertiary/aromatic N) is 2. The number of piperazine rings is 1. The number of aryl methyl sites for hydroxylation is 1. The molecule has 3 rings (SSSR count). The first kappa shape index (κ1) is 16.5. The Balaban J connectivity index is 1.33. The number of rotatable bonds is 6. The van der Waals surface area contributed by atoms with Crippen molar-refractivity contribution in [2.45, 2.75) is 25.9 Å². The SMILES string of the molecule is Cc1occc1C(=O)N1CCN(CCOC[C@H]2CCCO2)CC1. The zero-order valence-corrected chi connectivity index (χ0v) is 13.8.